The average molecular weight is 497 g/mol. The number of carbonyl (C=O) groups excluding carboxylic acids is 1. The number of morpholine rings is 1. The first-order valence-corrected chi connectivity index (χ1v) is 11.2. The topological polar surface area (TPSA) is 98.1 Å². The van der Waals surface area contributed by atoms with Gasteiger partial charge in [-0.3, -0.25) is 14.5 Å². The molecule has 3 aromatic heterocycles. The summed E-state index contributed by atoms with van der Waals surface area (Å²) in [7, 11) is 1.83. The number of benzene rings is 1. The van der Waals surface area contributed by atoms with E-state index in [2.05, 4.69) is 20.3 Å². The first-order chi connectivity index (χ1) is 17.2. The number of nitrogens with one attached hydrogen (secondary N) is 1. The summed E-state index contributed by atoms with van der Waals surface area (Å²) in [5.41, 5.74) is 2.14. The Hall–Kier alpha value is -4.06. The predicted octanol–water partition coefficient (Wildman–Crippen LogP) is 3.84. The van der Waals surface area contributed by atoms with Gasteiger partial charge in [0.25, 0.3) is 5.91 Å². The number of halogens is 3. The fraction of sp³-hybridized carbons (Fsp3) is 0.292. The summed E-state index contributed by atoms with van der Waals surface area (Å²) in [6.45, 7) is 4.43. The molecule has 0 saturated carbocycles. The van der Waals surface area contributed by atoms with Crippen LogP contribution in [0.1, 0.15) is 21.6 Å². The Morgan fingerprint density at radius 3 is 2.64 bits per heavy atom. The quantitative estimate of drug-likeness (QED) is 0.458. The normalized spacial score (nSPS) is 14.3. The zero-order valence-electron chi connectivity index (χ0n) is 19.5. The standard InChI is InChI=1S/C24H22F3N7O2/c1-14-3-4-16(30-23(35)15-5-6-28-19(11-15)24(25,26)27)12-17(14)21-31-18-13-29-33(2)20(18)22(32-21)34-7-9-36-10-8-34/h3-6,11-13H,7-10H2,1-2H3,(H,30,35). The second kappa shape index (κ2) is 9.19. The second-order valence-electron chi connectivity index (χ2n) is 8.38. The third-order valence-electron chi connectivity index (χ3n) is 5.93. The summed E-state index contributed by atoms with van der Waals surface area (Å²) < 4.78 is 46.2. The lowest BCUT2D eigenvalue weighted by Crippen LogP contribution is -2.37. The van der Waals surface area contributed by atoms with Crippen LogP contribution in [0.4, 0.5) is 24.7 Å². The van der Waals surface area contributed by atoms with Gasteiger partial charge in [0, 0.05) is 43.1 Å². The highest BCUT2D eigenvalue weighted by molar-refractivity contribution is 6.04. The van der Waals surface area contributed by atoms with Gasteiger partial charge >= 0.3 is 6.18 Å². The van der Waals surface area contributed by atoms with Crippen LogP contribution in [0.25, 0.3) is 22.4 Å². The van der Waals surface area contributed by atoms with Gasteiger partial charge in [0.2, 0.25) is 0 Å². The first-order valence-electron chi connectivity index (χ1n) is 11.2. The summed E-state index contributed by atoms with van der Waals surface area (Å²) in [6, 6.07) is 7.13. The molecule has 1 aliphatic heterocycles. The van der Waals surface area contributed by atoms with Crippen molar-refractivity contribution in [1.29, 1.82) is 0 Å². The monoisotopic (exact) mass is 497 g/mol. The SMILES string of the molecule is Cc1ccc(NC(=O)c2ccnc(C(F)(F)F)c2)cc1-c1nc(N2CCOCC2)c2c(cnn2C)n1. The maximum atomic E-state index is 13.0. The fourth-order valence-corrected chi connectivity index (χ4v) is 4.05. The molecular weight excluding hydrogens is 475 g/mol. The third kappa shape index (κ3) is 4.59. The highest BCUT2D eigenvalue weighted by Crippen LogP contribution is 2.31. The van der Waals surface area contributed by atoms with Gasteiger partial charge < -0.3 is 15.0 Å². The zero-order chi connectivity index (χ0) is 25.4. The van der Waals surface area contributed by atoms with Crippen LogP contribution in [0.2, 0.25) is 0 Å². The van der Waals surface area contributed by atoms with E-state index in [1.54, 1.807) is 29.1 Å². The summed E-state index contributed by atoms with van der Waals surface area (Å²) in [4.78, 5) is 27.7. The van der Waals surface area contributed by atoms with Crippen LogP contribution in [-0.2, 0) is 18.0 Å². The average Bonchev–Trinajstić information content (AvgIpc) is 3.25. The molecule has 36 heavy (non-hydrogen) atoms. The molecule has 0 unspecified atom stereocenters. The first kappa shape index (κ1) is 23.7. The molecule has 12 heteroatoms. The number of anilines is 2. The van der Waals surface area contributed by atoms with E-state index in [4.69, 9.17) is 14.7 Å². The second-order valence-corrected chi connectivity index (χ2v) is 8.38. The van der Waals surface area contributed by atoms with E-state index in [-0.39, 0.29) is 5.56 Å². The molecule has 1 saturated heterocycles. The lowest BCUT2D eigenvalue weighted by atomic mass is 10.1. The van der Waals surface area contributed by atoms with Crippen LogP contribution in [0.5, 0.6) is 0 Å². The van der Waals surface area contributed by atoms with Crippen LogP contribution in [0, 0.1) is 6.92 Å². The number of nitrogens with zero attached hydrogens (tertiary/aromatic N) is 6. The van der Waals surface area contributed by atoms with Crippen LogP contribution < -0.4 is 10.2 Å². The van der Waals surface area contributed by atoms with E-state index in [1.807, 2.05) is 14.0 Å². The van der Waals surface area contributed by atoms with Gasteiger partial charge in [0.05, 0.1) is 19.4 Å². The number of hydrogen-bond acceptors (Lipinski definition) is 7. The Balaban J connectivity index is 1.50. The number of carbonyl (C=O) groups is 1. The number of amides is 1. The van der Waals surface area contributed by atoms with Crippen molar-refractivity contribution in [3.63, 3.8) is 0 Å². The summed E-state index contributed by atoms with van der Waals surface area (Å²) in [5.74, 6) is 0.507. The molecule has 4 aromatic rings. The van der Waals surface area contributed by atoms with Crippen molar-refractivity contribution in [2.75, 3.05) is 36.5 Å². The molecule has 0 aliphatic carbocycles. The number of rotatable bonds is 4. The Bertz CT molecular complexity index is 1450. The zero-order valence-corrected chi connectivity index (χ0v) is 19.5. The molecular formula is C24H22F3N7O2. The minimum atomic E-state index is -4.65. The lowest BCUT2D eigenvalue weighted by Gasteiger charge is -2.28. The molecule has 1 N–H and O–H groups in total. The van der Waals surface area contributed by atoms with Crippen LogP contribution in [0.15, 0.2) is 42.7 Å². The molecule has 1 amide bonds. The molecule has 4 heterocycles. The number of ether oxygens (including phenoxy) is 1. The fourth-order valence-electron chi connectivity index (χ4n) is 4.05. The molecule has 0 bridgehead atoms. The predicted molar refractivity (Wildman–Crippen MR) is 127 cm³/mol. The molecule has 0 atom stereocenters. The van der Waals surface area contributed by atoms with E-state index in [0.29, 0.717) is 48.9 Å². The minimum Gasteiger partial charge on any atom is -0.378 e. The molecule has 1 aliphatic rings. The molecule has 9 nitrogen and oxygen atoms in total. The molecule has 0 radical (unpaired) electrons. The maximum Gasteiger partial charge on any atom is 0.433 e. The highest BCUT2D eigenvalue weighted by Gasteiger charge is 2.33. The van der Waals surface area contributed by atoms with Crippen molar-refractivity contribution < 1.29 is 22.7 Å². The lowest BCUT2D eigenvalue weighted by molar-refractivity contribution is -0.141. The molecule has 0 spiro atoms. The van der Waals surface area contributed by atoms with Gasteiger partial charge in [0.1, 0.15) is 16.7 Å². The van der Waals surface area contributed by atoms with E-state index < -0.39 is 17.8 Å². The maximum absolute atomic E-state index is 13.0. The van der Waals surface area contributed by atoms with Crippen molar-refractivity contribution >= 4 is 28.4 Å². The van der Waals surface area contributed by atoms with Gasteiger partial charge in [-0.1, -0.05) is 6.07 Å². The Morgan fingerprint density at radius 2 is 1.89 bits per heavy atom. The van der Waals surface area contributed by atoms with Gasteiger partial charge in [0.15, 0.2) is 11.6 Å². The van der Waals surface area contributed by atoms with Crippen LogP contribution in [-0.4, -0.2) is 56.9 Å². The number of pyridine rings is 1. The Morgan fingerprint density at radius 1 is 1.11 bits per heavy atom. The Kier molecular flexibility index (Phi) is 6.04. The number of alkyl halides is 3. The van der Waals surface area contributed by atoms with Gasteiger partial charge in [-0.05, 0) is 36.8 Å². The number of aromatic nitrogens is 5. The van der Waals surface area contributed by atoms with Crippen molar-refractivity contribution in [1.82, 2.24) is 24.7 Å². The summed E-state index contributed by atoms with van der Waals surface area (Å²) in [5, 5.41) is 7.00. The molecule has 1 aromatic carbocycles. The molecule has 186 valence electrons. The Labute approximate surface area is 203 Å². The third-order valence-corrected chi connectivity index (χ3v) is 5.93. The summed E-state index contributed by atoms with van der Waals surface area (Å²) in [6.07, 6.45) is -2.01. The van der Waals surface area contributed by atoms with E-state index in [0.717, 1.165) is 29.2 Å². The smallest absolute Gasteiger partial charge is 0.378 e. The van der Waals surface area contributed by atoms with E-state index in [1.165, 1.54) is 6.07 Å². The van der Waals surface area contributed by atoms with Crippen LogP contribution in [0.3, 0.4) is 0 Å². The summed E-state index contributed by atoms with van der Waals surface area (Å²) >= 11 is 0. The number of aryl methyl sites for hydroxylation is 2. The largest absolute Gasteiger partial charge is 0.433 e. The molecule has 1 fully saturated rings. The molecule has 5 rings (SSSR count). The number of fused-ring (bicyclic) bond motifs is 1. The highest BCUT2D eigenvalue weighted by atomic mass is 19.4. The van der Waals surface area contributed by atoms with Crippen molar-refractivity contribution in [3.8, 4) is 11.4 Å². The van der Waals surface area contributed by atoms with E-state index >= 15 is 0 Å². The van der Waals surface area contributed by atoms with E-state index in [9.17, 15) is 18.0 Å². The van der Waals surface area contributed by atoms with Gasteiger partial charge in [-0.2, -0.15) is 18.3 Å². The van der Waals surface area contributed by atoms with Crippen molar-refractivity contribution in [2.24, 2.45) is 7.05 Å². The van der Waals surface area contributed by atoms with Crippen molar-refractivity contribution in [3.05, 3.63) is 59.5 Å². The number of hydrogen-bond donors (Lipinski definition) is 1. The van der Waals surface area contributed by atoms with Crippen LogP contribution >= 0.6 is 0 Å². The van der Waals surface area contributed by atoms with Gasteiger partial charge in [-0.15, -0.1) is 0 Å². The minimum absolute atomic E-state index is 0.151. The van der Waals surface area contributed by atoms with Crippen molar-refractivity contribution in [2.45, 2.75) is 13.1 Å². The van der Waals surface area contributed by atoms with Gasteiger partial charge in [-0.25, -0.2) is 9.97 Å².